The predicted octanol–water partition coefficient (Wildman–Crippen LogP) is 2.65. The minimum atomic E-state index is -0.291. The number of amides is 1. The lowest BCUT2D eigenvalue weighted by Crippen LogP contribution is -2.31. The monoisotopic (exact) mass is 295 g/mol. The summed E-state index contributed by atoms with van der Waals surface area (Å²) in [5.74, 6) is -0.305. The number of aromatic nitrogens is 1. The van der Waals surface area contributed by atoms with Crippen LogP contribution in [-0.4, -0.2) is 27.4 Å². The van der Waals surface area contributed by atoms with Crippen LogP contribution in [0.4, 0.5) is 0 Å². The van der Waals surface area contributed by atoms with Gasteiger partial charge in [0.25, 0.3) is 5.91 Å². The van der Waals surface area contributed by atoms with E-state index in [0.717, 1.165) is 5.56 Å². The summed E-state index contributed by atoms with van der Waals surface area (Å²) in [6, 6.07) is 10.8. The fourth-order valence-electron chi connectivity index (χ4n) is 2.15. The first kappa shape index (κ1) is 15.5. The van der Waals surface area contributed by atoms with Crippen molar-refractivity contribution in [1.29, 1.82) is 5.26 Å². The second kappa shape index (κ2) is 7.23. The fourth-order valence-corrected chi connectivity index (χ4v) is 2.15. The van der Waals surface area contributed by atoms with Gasteiger partial charge in [-0.15, -0.1) is 0 Å². The van der Waals surface area contributed by atoms with Crippen LogP contribution in [0.25, 0.3) is 0 Å². The largest absolute Gasteiger partial charge is 0.507 e. The van der Waals surface area contributed by atoms with Crippen LogP contribution in [-0.2, 0) is 6.54 Å². The zero-order valence-corrected chi connectivity index (χ0v) is 12.4. The maximum absolute atomic E-state index is 12.7. The van der Waals surface area contributed by atoms with E-state index >= 15 is 0 Å². The van der Waals surface area contributed by atoms with Crippen molar-refractivity contribution in [2.45, 2.75) is 19.9 Å². The highest BCUT2D eigenvalue weighted by Crippen LogP contribution is 2.23. The van der Waals surface area contributed by atoms with Crippen molar-refractivity contribution in [3.8, 4) is 11.8 Å². The summed E-state index contributed by atoms with van der Waals surface area (Å²) in [4.78, 5) is 18.2. The topological polar surface area (TPSA) is 77.2 Å². The molecule has 2 aromatic rings. The average molecular weight is 295 g/mol. The van der Waals surface area contributed by atoms with Gasteiger partial charge in [-0.3, -0.25) is 9.78 Å². The molecule has 1 aromatic heterocycles. The van der Waals surface area contributed by atoms with E-state index in [9.17, 15) is 9.90 Å². The number of aryl methyl sites for hydroxylation is 1. The van der Waals surface area contributed by atoms with Gasteiger partial charge in [-0.25, -0.2) is 0 Å². The molecule has 0 aliphatic rings. The van der Waals surface area contributed by atoms with Gasteiger partial charge in [0.1, 0.15) is 5.75 Å². The number of phenolic OH excluding ortho intramolecular Hbond substituents is 1. The molecule has 0 aliphatic heterocycles. The zero-order valence-electron chi connectivity index (χ0n) is 12.4. The molecule has 1 amide bonds. The highest BCUT2D eigenvalue weighted by Gasteiger charge is 2.19. The Morgan fingerprint density at radius 2 is 2.18 bits per heavy atom. The minimum absolute atomic E-state index is 0.0133. The molecular formula is C17H17N3O2. The molecule has 0 bridgehead atoms. The first-order valence-corrected chi connectivity index (χ1v) is 6.97. The van der Waals surface area contributed by atoms with Crippen LogP contribution in [0.2, 0.25) is 0 Å². The summed E-state index contributed by atoms with van der Waals surface area (Å²) in [6.45, 7) is 2.40. The van der Waals surface area contributed by atoms with Crippen LogP contribution < -0.4 is 0 Å². The molecule has 112 valence electrons. The number of nitrogens with zero attached hydrogens (tertiary/aromatic N) is 3. The quantitative estimate of drug-likeness (QED) is 0.920. The molecule has 0 unspecified atom stereocenters. The Morgan fingerprint density at radius 3 is 2.86 bits per heavy atom. The highest BCUT2D eigenvalue weighted by molar-refractivity contribution is 5.97. The SMILES string of the molecule is Cc1cccc(C(=O)N(CCC#N)Cc2cccnc2)c1O. The van der Waals surface area contributed by atoms with Crippen molar-refractivity contribution in [2.75, 3.05) is 6.54 Å². The van der Waals surface area contributed by atoms with E-state index in [1.54, 1.807) is 48.5 Å². The third-order valence-electron chi connectivity index (χ3n) is 3.35. The zero-order chi connectivity index (χ0) is 15.9. The van der Waals surface area contributed by atoms with Crippen molar-refractivity contribution in [3.05, 3.63) is 59.4 Å². The van der Waals surface area contributed by atoms with E-state index in [0.29, 0.717) is 18.7 Å². The number of benzene rings is 1. The lowest BCUT2D eigenvalue weighted by Gasteiger charge is -2.22. The van der Waals surface area contributed by atoms with Crippen LogP contribution >= 0.6 is 0 Å². The number of nitriles is 1. The lowest BCUT2D eigenvalue weighted by atomic mass is 10.1. The molecule has 0 saturated carbocycles. The summed E-state index contributed by atoms with van der Waals surface area (Å²) in [5, 5.41) is 18.9. The Balaban J connectivity index is 2.26. The number of carbonyl (C=O) groups is 1. The third kappa shape index (κ3) is 3.61. The number of hydrogen-bond acceptors (Lipinski definition) is 4. The van der Waals surface area contributed by atoms with Crippen LogP contribution in [0, 0.1) is 18.3 Å². The Morgan fingerprint density at radius 1 is 1.36 bits per heavy atom. The van der Waals surface area contributed by atoms with Gasteiger partial charge in [0.15, 0.2) is 0 Å². The minimum Gasteiger partial charge on any atom is -0.507 e. The third-order valence-corrected chi connectivity index (χ3v) is 3.35. The van der Waals surface area contributed by atoms with Gasteiger partial charge < -0.3 is 10.0 Å². The highest BCUT2D eigenvalue weighted by atomic mass is 16.3. The summed E-state index contributed by atoms with van der Waals surface area (Å²) in [5.41, 5.74) is 1.77. The van der Waals surface area contributed by atoms with Crippen molar-refractivity contribution in [1.82, 2.24) is 9.88 Å². The van der Waals surface area contributed by atoms with E-state index in [1.165, 1.54) is 0 Å². The molecule has 0 saturated heterocycles. The Hall–Kier alpha value is -2.87. The number of para-hydroxylation sites is 1. The molecule has 0 atom stereocenters. The average Bonchev–Trinajstić information content (AvgIpc) is 2.54. The van der Waals surface area contributed by atoms with E-state index in [4.69, 9.17) is 5.26 Å². The molecule has 2 rings (SSSR count). The summed E-state index contributed by atoms with van der Waals surface area (Å²) < 4.78 is 0. The van der Waals surface area contributed by atoms with Gasteiger partial charge in [-0.05, 0) is 30.2 Å². The summed E-state index contributed by atoms with van der Waals surface area (Å²) in [6.07, 6.45) is 3.58. The number of aromatic hydroxyl groups is 1. The van der Waals surface area contributed by atoms with Gasteiger partial charge in [0.05, 0.1) is 18.1 Å². The van der Waals surface area contributed by atoms with E-state index in [1.807, 2.05) is 12.1 Å². The number of rotatable bonds is 5. The van der Waals surface area contributed by atoms with E-state index in [2.05, 4.69) is 4.98 Å². The Labute approximate surface area is 129 Å². The fraction of sp³-hybridized carbons (Fsp3) is 0.235. The Bertz CT molecular complexity index is 693. The summed E-state index contributed by atoms with van der Waals surface area (Å²) in [7, 11) is 0. The van der Waals surface area contributed by atoms with Crippen LogP contribution in [0.1, 0.15) is 27.9 Å². The van der Waals surface area contributed by atoms with Crippen LogP contribution in [0.15, 0.2) is 42.7 Å². The molecule has 0 fully saturated rings. The van der Waals surface area contributed by atoms with E-state index < -0.39 is 0 Å². The van der Waals surface area contributed by atoms with Crippen LogP contribution in [0.3, 0.4) is 0 Å². The molecule has 22 heavy (non-hydrogen) atoms. The Kier molecular flexibility index (Phi) is 5.10. The van der Waals surface area contributed by atoms with Crippen molar-refractivity contribution >= 4 is 5.91 Å². The van der Waals surface area contributed by atoms with Gasteiger partial charge >= 0.3 is 0 Å². The molecule has 0 spiro atoms. The molecular weight excluding hydrogens is 278 g/mol. The molecule has 1 heterocycles. The van der Waals surface area contributed by atoms with Gasteiger partial charge in [0, 0.05) is 25.5 Å². The first-order valence-electron chi connectivity index (χ1n) is 6.97. The number of phenols is 1. The maximum atomic E-state index is 12.7. The smallest absolute Gasteiger partial charge is 0.257 e. The van der Waals surface area contributed by atoms with Gasteiger partial charge in [0.2, 0.25) is 0 Å². The second-order valence-corrected chi connectivity index (χ2v) is 4.97. The predicted molar refractivity (Wildman–Crippen MR) is 82.1 cm³/mol. The van der Waals surface area contributed by atoms with Crippen LogP contribution in [0.5, 0.6) is 5.75 Å². The van der Waals surface area contributed by atoms with Crippen molar-refractivity contribution in [3.63, 3.8) is 0 Å². The number of pyridine rings is 1. The van der Waals surface area contributed by atoms with Gasteiger partial charge in [-0.2, -0.15) is 5.26 Å². The molecule has 1 aromatic carbocycles. The van der Waals surface area contributed by atoms with Crippen molar-refractivity contribution < 1.29 is 9.90 Å². The van der Waals surface area contributed by atoms with Crippen molar-refractivity contribution in [2.24, 2.45) is 0 Å². The molecule has 0 aliphatic carbocycles. The molecule has 1 N–H and O–H groups in total. The maximum Gasteiger partial charge on any atom is 0.257 e. The lowest BCUT2D eigenvalue weighted by molar-refractivity contribution is 0.0743. The molecule has 5 heteroatoms. The summed E-state index contributed by atoms with van der Waals surface area (Å²) >= 11 is 0. The van der Waals surface area contributed by atoms with E-state index in [-0.39, 0.29) is 23.6 Å². The standard InChI is InChI=1S/C17H17N3O2/c1-13-5-2-7-15(16(13)21)17(22)20(10-4-8-18)12-14-6-3-9-19-11-14/h2-3,5-7,9,11,21H,4,10,12H2,1H3. The molecule has 5 nitrogen and oxygen atoms in total. The normalized spacial score (nSPS) is 10.0. The second-order valence-electron chi connectivity index (χ2n) is 4.97. The first-order chi connectivity index (χ1) is 10.6. The van der Waals surface area contributed by atoms with Gasteiger partial charge in [-0.1, -0.05) is 18.2 Å². The molecule has 0 radical (unpaired) electrons. The number of hydrogen-bond donors (Lipinski definition) is 1. The number of carbonyl (C=O) groups excluding carboxylic acids is 1.